The van der Waals surface area contributed by atoms with Crippen molar-refractivity contribution in [2.24, 2.45) is 4.99 Å². The molecule has 22 heavy (non-hydrogen) atoms. The second-order valence-electron chi connectivity index (χ2n) is 4.86. The van der Waals surface area contributed by atoms with Crippen LogP contribution in [0.5, 0.6) is 5.75 Å². The van der Waals surface area contributed by atoms with Gasteiger partial charge >= 0.3 is 5.63 Å². The average Bonchev–Trinajstić information content (AvgIpc) is 2.46. The number of fused-ring (bicyclic) bond motifs is 1. The molecule has 0 aliphatic heterocycles. The van der Waals surface area contributed by atoms with Gasteiger partial charge in [-0.15, -0.1) is 0 Å². The predicted molar refractivity (Wildman–Crippen MR) is 87.6 cm³/mol. The zero-order chi connectivity index (χ0) is 15.7. The molecule has 0 atom stereocenters. The number of aliphatic imine (C=N–C) groups is 1. The minimum Gasteiger partial charge on any atom is -0.507 e. The highest BCUT2D eigenvalue weighted by Gasteiger charge is 2.05. The molecule has 5 heteroatoms. The second kappa shape index (κ2) is 5.66. The van der Waals surface area contributed by atoms with E-state index >= 15 is 0 Å². The van der Waals surface area contributed by atoms with Gasteiger partial charge in [-0.3, -0.25) is 4.99 Å². The Morgan fingerprint density at radius 1 is 1.23 bits per heavy atom. The molecular formula is C17H12ClNO3. The van der Waals surface area contributed by atoms with Crippen molar-refractivity contribution < 1.29 is 9.52 Å². The number of nitrogens with zero attached hydrogens (tertiary/aromatic N) is 1. The second-order valence-corrected chi connectivity index (χ2v) is 5.27. The molecule has 110 valence electrons. The molecule has 4 nitrogen and oxygen atoms in total. The summed E-state index contributed by atoms with van der Waals surface area (Å²) in [6.07, 6.45) is 1.48. The van der Waals surface area contributed by atoms with Gasteiger partial charge in [-0.2, -0.15) is 0 Å². The van der Waals surface area contributed by atoms with Crippen LogP contribution in [-0.4, -0.2) is 11.3 Å². The Hall–Kier alpha value is -2.59. The van der Waals surface area contributed by atoms with Gasteiger partial charge in [-0.1, -0.05) is 17.7 Å². The number of aryl methyl sites for hydroxylation is 1. The Kier molecular flexibility index (Phi) is 3.69. The Morgan fingerprint density at radius 2 is 2.05 bits per heavy atom. The smallest absolute Gasteiger partial charge is 0.336 e. The summed E-state index contributed by atoms with van der Waals surface area (Å²) in [6.45, 7) is 1.85. The molecular weight excluding hydrogens is 302 g/mol. The third-order valence-electron chi connectivity index (χ3n) is 3.31. The van der Waals surface area contributed by atoms with Gasteiger partial charge in [0.05, 0.1) is 16.3 Å². The Balaban J connectivity index is 2.04. The normalized spacial score (nSPS) is 11.4. The first kappa shape index (κ1) is 14.4. The van der Waals surface area contributed by atoms with Crippen LogP contribution < -0.4 is 5.63 Å². The lowest BCUT2D eigenvalue weighted by Crippen LogP contribution is -1.97. The first-order valence-electron chi connectivity index (χ1n) is 6.60. The highest BCUT2D eigenvalue weighted by Crippen LogP contribution is 2.26. The highest BCUT2D eigenvalue weighted by molar-refractivity contribution is 6.33. The summed E-state index contributed by atoms with van der Waals surface area (Å²) >= 11 is 6.02. The first-order chi connectivity index (χ1) is 10.5. The summed E-state index contributed by atoms with van der Waals surface area (Å²) < 4.78 is 5.18. The molecule has 0 spiro atoms. The number of hydrogen-bond donors (Lipinski definition) is 1. The molecule has 0 radical (unpaired) electrons. The SMILES string of the molecule is Cc1cc(=O)oc2cc(N=Cc3c(O)cccc3Cl)ccc12. The fraction of sp³-hybridized carbons (Fsp3) is 0.0588. The van der Waals surface area contributed by atoms with Gasteiger partial charge in [0.1, 0.15) is 11.3 Å². The molecule has 0 aliphatic rings. The summed E-state index contributed by atoms with van der Waals surface area (Å²) in [6, 6.07) is 11.6. The summed E-state index contributed by atoms with van der Waals surface area (Å²) in [7, 11) is 0. The van der Waals surface area contributed by atoms with Crippen molar-refractivity contribution in [2.45, 2.75) is 6.92 Å². The van der Waals surface area contributed by atoms with Crippen LogP contribution in [0, 0.1) is 6.92 Å². The third-order valence-corrected chi connectivity index (χ3v) is 3.64. The fourth-order valence-corrected chi connectivity index (χ4v) is 2.40. The van der Waals surface area contributed by atoms with Crippen LogP contribution in [0.25, 0.3) is 11.0 Å². The quantitative estimate of drug-likeness (QED) is 0.569. The van der Waals surface area contributed by atoms with Gasteiger partial charge in [-0.05, 0) is 36.8 Å². The van der Waals surface area contributed by atoms with Crippen LogP contribution in [0.2, 0.25) is 5.02 Å². The monoisotopic (exact) mass is 313 g/mol. The van der Waals surface area contributed by atoms with E-state index in [9.17, 15) is 9.90 Å². The van der Waals surface area contributed by atoms with E-state index in [0.29, 0.717) is 21.9 Å². The number of aromatic hydroxyl groups is 1. The minimum absolute atomic E-state index is 0.0550. The standard InChI is InChI=1S/C17H12ClNO3/c1-10-7-17(21)22-16-8-11(5-6-12(10)16)19-9-13-14(18)3-2-4-15(13)20/h2-9,20H,1H3. The number of phenolic OH excluding ortho intramolecular Hbond substituents is 1. The lowest BCUT2D eigenvalue weighted by Gasteiger charge is -2.02. The maximum Gasteiger partial charge on any atom is 0.336 e. The molecule has 0 saturated heterocycles. The van der Waals surface area contributed by atoms with E-state index < -0.39 is 5.63 Å². The molecule has 0 fully saturated rings. The van der Waals surface area contributed by atoms with Crippen LogP contribution in [0.1, 0.15) is 11.1 Å². The fourth-order valence-electron chi connectivity index (χ4n) is 2.19. The molecule has 0 unspecified atom stereocenters. The number of phenols is 1. The third kappa shape index (κ3) is 2.73. The van der Waals surface area contributed by atoms with Crippen LogP contribution in [-0.2, 0) is 0 Å². The van der Waals surface area contributed by atoms with Crippen molar-refractivity contribution in [3.63, 3.8) is 0 Å². The Bertz CT molecular complexity index is 924. The van der Waals surface area contributed by atoms with Gasteiger partial charge in [0.15, 0.2) is 0 Å². The molecule has 1 heterocycles. The average molecular weight is 314 g/mol. The zero-order valence-electron chi connectivity index (χ0n) is 11.7. The minimum atomic E-state index is -0.394. The molecule has 0 bridgehead atoms. The molecule has 1 N–H and O–H groups in total. The van der Waals surface area contributed by atoms with E-state index in [4.69, 9.17) is 16.0 Å². The summed E-state index contributed by atoms with van der Waals surface area (Å²) in [5, 5.41) is 11.0. The van der Waals surface area contributed by atoms with Gasteiger partial charge < -0.3 is 9.52 Å². The number of halogens is 1. The molecule has 2 aromatic carbocycles. The molecule has 0 saturated carbocycles. The maximum absolute atomic E-state index is 11.4. The van der Waals surface area contributed by atoms with Gasteiger partial charge in [0, 0.05) is 23.7 Å². The molecule has 1 aromatic heterocycles. The lowest BCUT2D eigenvalue weighted by atomic mass is 10.1. The largest absolute Gasteiger partial charge is 0.507 e. The zero-order valence-corrected chi connectivity index (χ0v) is 12.5. The van der Waals surface area contributed by atoms with E-state index in [1.807, 2.05) is 13.0 Å². The van der Waals surface area contributed by atoms with Crippen molar-refractivity contribution in [3.05, 3.63) is 69.0 Å². The van der Waals surface area contributed by atoms with Gasteiger partial charge in [0.2, 0.25) is 0 Å². The van der Waals surface area contributed by atoms with Crippen LogP contribution in [0.4, 0.5) is 5.69 Å². The van der Waals surface area contributed by atoms with E-state index in [-0.39, 0.29) is 5.75 Å². The summed E-state index contributed by atoms with van der Waals surface area (Å²) in [5.74, 6) is 0.0550. The van der Waals surface area contributed by atoms with Crippen molar-refractivity contribution in [3.8, 4) is 5.75 Å². The Labute approximate surface area is 131 Å². The number of rotatable bonds is 2. The molecule has 0 aliphatic carbocycles. The van der Waals surface area contributed by atoms with Crippen molar-refractivity contribution in [1.29, 1.82) is 0 Å². The van der Waals surface area contributed by atoms with E-state index in [1.54, 1.807) is 24.3 Å². The topological polar surface area (TPSA) is 62.8 Å². The van der Waals surface area contributed by atoms with Crippen molar-refractivity contribution in [2.75, 3.05) is 0 Å². The molecule has 3 aromatic rings. The van der Waals surface area contributed by atoms with Crippen LogP contribution in [0.15, 0.2) is 56.7 Å². The number of benzene rings is 2. The Morgan fingerprint density at radius 3 is 2.82 bits per heavy atom. The van der Waals surface area contributed by atoms with E-state index in [2.05, 4.69) is 4.99 Å². The van der Waals surface area contributed by atoms with Gasteiger partial charge in [-0.25, -0.2) is 4.79 Å². The van der Waals surface area contributed by atoms with Crippen molar-refractivity contribution >= 4 is 34.5 Å². The molecule has 0 amide bonds. The van der Waals surface area contributed by atoms with E-state index in [0.717, 1.165) is 10.9 Å². The van der Waals surface area contributed by atoms with Crippen LogP contribution in [0.3, 0.4) is 0 Å². The van der Waals surface area contributed by atoms with Gasteiger partial charge in [0.25, 0.3) is 0 Å². The number of hydrogen-bond acceptors (Lipinski definition) is 4. The first-order valence-corrected chi connectivity index (χ1v) is 6.98. The maximum atomic E-state index is 11.4. The summed E-state index contributed by atoms with van der Waals surface area (Å²) in [5.41, 5.74) is 1.97. The predicted octanol–water partition coefficient (Wildman–Crippen LogP) is 4.21. The van der Waals surface area contributed by atoms with Crippen molar-refractivity contribution in [1.82, 2.24) is 0 Å². The van der Waals surface area contributed by atoms with Crippen LogP contribution >= 0.6 is 11.6 Å². The highest BCUT2D eigenvalue weighted by atomic mass is 35.5. The van der Waals surface area contributed by atoms with E-state index in [1.165, 1.54) is 18.3 Å². The summed E-state index contributed by atoms with van der Waals surface area (Å²) in [4.78, 5) is 15.7. The molecule has 3 rings (SSSR count). The lowest BCUT2D eigenvalue weighted by molar-refractivity contribution is 0.474.